The fraction of sp³-hybridized carbons (Fsp3) is 0.226. The van der Waals surface area contributed by atoms with Gasteiger partial charge in [-0.2, -0.15) is 0 Å². The first-order valence-corrected chi connectivity index (χ1v) is 15.2. The summed E-state index contributed by atoms with van der Waals surface area (Å²) in [6.45, 7) is 4.25. The second-order valence-corrected chi connectivity index (χ2v) is 12.0. The summed E-state index contributed by atoms with van der Waals surface area (Å²) in [5.41, 5.74) is 2.35. The van der Waals surface area contributed by atoms with Crippen LogP contribution in [0, 0.1) is 5.82 Å². The first-order valence-electron chi connectivity index (χ1n) is 13.4. The molecule has 3 aromatic carbocycles. The van der Waals surface area contributed by atoms with Crippen LogP contribution in [0.4, 0.5) is 9.52 Å². The molecular formula is C31H26FN3O5S2. The van der Waals surface area contributed by atoms with Crippen molar-refractivity contribution in [2.45, 2.75) is 42.5 Å². The Bertz CT molecular complexity index is 1720. The fourth-order valence-corrected chi connectivity index (χ4v) is 6.98. The summed E-state index contributed by atoms with van der Waals surface area (Å²) in [7, 11) is 0. The number of rotatable bonds is 8. The van der Waals surface area contributed by atoms with Crippen molar-refractivity contribution in [3.63, 3.8) is 0 Å². The third-order valence-electron chi connectivity index (χ3n) is 7.01. The summed E-state index contributed by atoms with van der Waals surface area (Å²) in [6.07, 6.45) is 0.676. The molecule has 2 aliphatic rings. The van der Waals surface area contributed by atoms with Gasteiger partial charge in [0.25, 0.3) is 5.78 Å². The molecule has 0 spiro atoms. The minimum Gasteiger partial charge on any atom is -0.507 e. The molecule has 4 aromatic rings. The number of Topliss-reactive ketones (excluding diaryl/α,β-unsaturated/α-hetero) is 1. The quantitative estimate of drug-likeness (QED) is 0.0821. The number of halogens is 1. The van der Waals surface area contributed by atoms with Gasteiger partial charge in [0.1, 0.15) is 29.2 Å². The van der Waals surface area contributed by atoms with Crippen LogP contribution in [-0.4, -0.2) is 39.7 Å². The third kappa shape index (κ3) is 5.25. The van der Waals surface area contributed by atoms with Crippen LogP contribution in [0.2, 0.25) is 0 Å². The van der Waals surface area contributed by atoms with Gasteiger partial charge in [-0.1, -0.05) is 53.4 Å². The van der Waals surface area contributed by atoms with Crippen LogP contribution in [0.15, 0.2) is 76.6 Å². The number of hydrogen-bond acceptors (Lipinski definition) is 9. The van der Waals surface area contributed by atoms with Crippen LogP contribution in [-0.2, 0) is 21.8 Å². The molecule has 1 N–H and O–H groups in total. The number of carbonyl (C=O) groups excluding carboxylic acids is 2. The largest absolute Gasteiger partial charge is 0.507 e. The minimum atomic E-state index is -0.980. The average molecular weight is 604 g/mol. The van der Waals surface area contributed by atoms with Crippen molar-refractivity contribution < 1.29 is 28.6 Å². The van der Waals surface area contributed by atoms with Gasteiger partial charge in [0.05, 0.1) is 18.2 Å². The number of carbonyl (C=O) groups is 2. The number of anilines is 1. The van der Waals surface area contributed by atoms with E-state index in [1.165, 1.54) is 22.7 Å². The number of fused-ring (bicyclic) bond motifs is 1. The molecule has 2 atom stereocenters. The lowest BCUT2D eigenvalue weighted by molar-refractivity contribution is -0.132. The molecule has 0 bridgehead atoms. The molecule has 2 aliphatic heterocycles. The van der Waals surface area contributed by atoms with Gasteiger partial charge in [-0.25, -0.2) is 4.39 Å². The summed E-state index contributed by atoms with van der Waals surface area (Å²) >= 11 is 2.40. The van der Waals surface area contributed by atoms with E-state index in [1.54, 1.807) is 60.7 Å². The number of ketones is 1. The van der Waals surface area contributed by atoms with Gasteiger partial charge in [0.15, 0.2) is 4.34 Å². The lowest BCUT2D eigenvalue weighted by atomic mass is 9.94. The summed E-state index contributed by atoms with van der Waals surface area (Å²) < 4.78 is 26.1. The number of ether oxygens (including phenoxy) is 2. The van der Waals surface area contributed by atoms with E-state index in [2.05, 4.69) is 10.2 Å². The number of aliphatic hydroxyl groups excluding tert-OH is 1. The van der Waals surface area contributed by atoms with Crippen LogP contribution in [0.25, 0.3) is 5.76 Å². The number of benzene rings is 3. The molecule has 1 aromatic heterocycles. The van der Waals surface area contributed by atoms with Gasteiger partial charge in [-0.05, 0) is 66.9 Å². The van der Waals surface area contributed by atoms with E-state index in [0.29, 0.717) is 45.6 Å². The third-order valence-corrected chi connectivity index (χ3v) is 9.11. The summed E-state index contributed by atoms with van der Waals surface area (Å²) in [4.78, 5) is 28.4. The zero-order valence-corrected chi connectivity index (χ0v) is 24.4. The highest BCUT2D eigenvalue weighted by Gasteiger charge is 2.48. The molecule has 0 saturated carbocycles. The molecule has 42 heavy (non-hydrogen) atoms. The minimum absolute atomic E-state index is 0.00661. The van der Waals surface area contributed by atoms with E-state index in [4.69, 9.17) is 9.47 Å². The molecule has 3 heterocycles. The molecule has 0 radical (unpaired) electrons. The van der Waals surface area contributed by atoms with Gasteiger partial charge in [-0.3, -0.25) is 14.5 Å². The van der Waals surface area contributed by atoms with Gasteiger partial charge < -0.3 is 14.6 Å². The molecule has 0 aliphatic carbocycles. The van der Waals surface area contributed by atoms with Crippen molar-refractivity contribution in [1.82, 2.24) is 10.2 Å². The number of thioether (sulfide) groups is 1. The Kier molecular flexibility index (Phi) is 7.70. The summed E-state index contributed by atoms with van der Waals surface area (Å²) in [5, 5.41) is 20.2. The topological polar surface area (TPSA) is 102 Å². The van der Waals surface area contributed by atoms with Gasteiger partial charge in [-0.15, -0.1) is 10.2 Å². The van der Waals surface area contributed by atoms with E-state index in [9.17, 15) is 19.1 Å². The zero-order chi connectivity index (χ0) is 29.4. The predicted octanol–water partition coefficient (Wildman–Crippen LogP) is 6.32. The SMILES string of the molecule is CCOc1cccc([C@@H]2/C(=C(\O)c3ccc4c(c3)C[C@H](C)O4)C(=O)C(=O)N2c2nnc(SCc3ccccc3F)s2)c1. The van der Waals surface area contributed by atoms with Crippen LogP contribution in [0.3, 0.4) is 0 Å². The Hall–Kier alpha value is -4.22. The number of amides is 1. The van der Waals surface area contributed by atoms with Crippen LogP contribution >= 0.6 is 23.1 Å². The molecule has 214 valence electrons. The van der Waals surface area contributed by atoms with Crippen molar-refractivity contribution in [2.75, 3.05) is 11.5 Å². The first kappa shape index (κ1) is 27.9. The molecule has 0 unspecified atom stereocenters. The Balaban J connectivity index is 1.40. The maximum atomic E-state index is 14.1. The second kappa shape index (κ2) is 11.6. The number of aliphatic hydroxyl groups is 1. The fourth-order valence-electron chi connectivity index (χ4n) is 5.12. The standard InChI is InChI=1S/C31H26FN3O5S2/c1-3-39-22-9-6-8-18(15-22)26-25(27(36)19-11-12-24-21(14-19)13-17(2)40-24)28(37)29(38)35(26)30-33-34-31(42-30)41-16-20-7-4-5-10-23(20)32/h4-12,14-15,17,26,36H,3,13,16H2,1-2H3/b27-25+/t17-,26+/m0/s1. The first-order chi connectivity index (χ1) is 20.3. The molecule has 1 fully saturated rings. The van der Waals surface area contributed by atoms with Gasteiger partial charge >= 0.3 is 5.91 Å². The molecule has 1 amide bonds. The smallest absolute Gasteiger partial charge is 0.301 e. The number of nitrogens with zero attached hydrogens (tertiary/aromatic N) is 3. The summed E-state index contributed by atoms with van der Waals surface area (Å²) in [6, 6.07) is 17.8. The average Bonchev–Trinajstić information content (AvgIpc) is 3.67. The monoisotopic (exact) mass is 603 g/mol. The van der Waals surface area contributed by atoms with Gasteiger partial charge in [0.2, 0.25) is 5.13 Å². The summed E-state index contributed by atoms with van der Waals surface area (Å²) in [5.74, 6) is -0.660. The number of aromatic nitrogens is 2. The van der Waals surface area contributed by atoms with Crippen LogP contribution in [0.1, 0.15) is 42.1 Å². The van der Waals surface area contributed by atoms with Crippen LogP contribution < -0.4 is 14.4 Å². The van der Waals surface area contributed by atoms with E-state index in [-0.39, 0.29) is 28.4 Å². The normalized spacial score (nSPS) is 19.2. The Morgan fingerprint density at radius 2 is 1.98 bits per heavy atom. The highest BCUT2D eigenvalue weighted by atomic mass is 32.2. The zero-order valence-electron chi connectivity index (χ0n) is 22.7. The molecular weight excluding hydrogens is 577 g/mol. The van der Waals surface area contributed by atoms with E-state index < -0.39 is 17.7 Å². The molecule has 6 rings (SSSR count). The lowest BCUT2D eigenvalue weighted by Crippen LogP contribution is -2.29. The second-order valence-electron chi connectivity index (χ2n) is 9.86. The maximum absolute atomic E-state index is 14.1. The van der Waals surface area contributed by atoms with E-state index in [0.717, 1.165) is 22.6 Å². The lowest BCUT2D eigenvalue weighted by Gasteiger charge is -2.23. The van der Waals surface area contributed by atoms with Crippen molar-refractivity contribution in [1.29, 1.82) is 0 Å². The van der Waals surface area contributed by atoms with E-state index in [1.807, 2.05) is 13.8 Å². The Labute approximate surface area is 249 Å². The van der Waals surface area contributed by atoms with Crippen LogP contribution in [0.5, 0.6) is 11.5 Å². The molecule has 11 heteroatoms. The number of hydrogen-bond donors (Lipinski definition) is 1. The molecule has 1 saturated heterocycles. The van der Waals surface area contributed by atoms with E-state index >= 15 is 0 Å². The Morgan fingerprint density at radius 3 is 2.79 bits per heavy atom. The maximum Gasteiger partial charge on any atom is 0.301 e. The van der Waals surface area contributed by atoms with Crippen molar-refractivity contribution >= 4 is 45.7 Å². The van der Waals surface area contributed by atoms with Crippen molar-refractivity contribution in [2.24, 2.45) is 0 Å². The van der Waals surface area contributed by atoms with Crippen molar-refractivity contribution in [3.8, 4) is 11.5 Å². The molecule has 8 nitrogen and oxygen atoms in total. The van der Waals surface area contributed by atoms with Crippen molar-refractivity contribution in [3.05, 3.63) is 100 Å². The predicted molar refractivity (Wildman–Crippen MR) is 158 cm³/mol. The van der Waals surface area contributed by atoms with Gasteiger partial charge in [0, 0.05) is 17.7 Å². The highest BCUT2D eigenvalue weighted by molar-refractivity contribution is 8.00. The Morgan fingerprint density at radius 1 is 1.14 bits per heavy atom. The highest BCUT2D eigenvalue weighted by Crippen LogP contribution is 2.45.